The van der Waals surface area contributed by atoms with Crippen molar-refractivity contribution in [2.24, 2.45) is 0 Å². The van der Waals surface area contributed by atoms with Crippen LogP contribution < -0.4 is 5.32 Å². The van der Waals surface area contributed by atoms with E-state index in [0.717, 1.165) is 16.6 Å². The summed E-state index contributed by atoms with van der Waals surface area (Å²) in [7, 11) is -3.02. The standard InChI is InChI=1S/C17H24N4O3S/c1-3-25(23,24)13-7-9-21(10-8-13)17(22)18-11-15-19-14-6-4-5-12(2)16(14)20-15/h4-6,13H,3,7-11H2,1-2H3,(H,18,22)(H,19,20). The van der Waals surface area contributed by atoms with Crippen molar-refractivity contribution in [2.45, 2.75) is 38.5 Å². The maximum absolute atomic E-state index is 12.3. The van der Waals surface area contributed by atoms with Gasteiger partial charge in [-0.2, -0.15) is 0 Å². The molecule has 0 atom stereocenters. The number of benzene rings is 1. The Kier molecular flexibility index (Phi) is 4.99. The number of nitrogens with zero attached hydrogens (tertiary/aromatic N) is 2. The average Bonchev–Trinajstić information content (AvgIpc) is 3.04. The molecule has 136 valence electrons. The zero-order chi connectivity index (χ0) is 18.0. The van der Waals surface area contributed by atoms with Crippen molar-refractivity contribution in [3.05, 3.63) is 29.6 Å². The number of hydrogen-bond donors (Lipinski definition) is 2. The number of aromatic amines is 1. The fourth-order valence-corrected chi connectivity index (χ4v) is 4.64. The first-order valence-electron chi connectivity index (χ1n) is 8.59. The van der Waals surface area contributed by atoms with Crippen molar-refractivity contribution in [1.82, 2.24) is 20.2 Å². The molecule has 0 unspecified atom stereocenters. The molecule has 1 aliphatic rings. The van der Waals surface area contributed by atoms with Crippen molar-refractivity contribution in [2.75, 3.05) is 18.8 Å². The van der Waals surface area contributed by atoms with Crippen molar-refractivity contribution in [3.8, 4) is 0 Å². The third-order valence-electron chi connectivity index (χ3n) is 4.81. The molecule has 1 saturated heterocycles. The predicted molar refractivity (Wildman–Crippen MR) is 97.1 cm³/mol. The highest BCUT2D eigenvalue weighted by Crippen LogP contribution is 2.19. The van der Waals surface area contributed by atoms with Crippen molar-refractivity contribution >= 4 is 26.9 Å². The van der Waals surface area contributed by atoms with Crippen LogP contribution in [0.1, 0.15) is 31.2 Å². The molecule has 1 aromatic heterocycles. The predicted octanol–water partition coefficient (Wildman–Crippen LogP) is 1.98. The van der Waals surface area contributed by atoms with Gasteiger partial charge >= 0.3 is 6.03 Å². The largest absolute Gasteiger partial charge is 0.340 e. The number of urea groups is 1. The Hall–Kier alpha value is -2.09. The number of piperidine rings is 1. The van der Waals surface area contributed by atoms with E-state index in [1.807, 2.05) is 25.1 Å². The molecule has 0 saturated carbocycles. The number of carbonyl (C=O) groups is 1. The van der Waals surface area contributed by atoms with Gasteiger partial charge in [-0.25, -0.2) is 18.2 Å². The molecule has 0 radical (unpaired) electrons. The number of para-hydroxylation sites is 1. The molecule has 25 heavy (non-hydrogen) atoms. The summed E-state index contributed by atoms with van der Waals surface area (Å²) in [5.41, 5.74) is 2.96. The minimum absolute atomic E-state index is 0.162. The van der Waals surface area contributed by atoms with E-state index in [4.69, 9.17) is 0 Å². The zero-order valence-corrected chi connectivity index (χ0v) is 15.4. The summed E-state index contributed by atoms with van der Waals surface area (Å²) in [6.07, 6.45) is 1.01. The lowest BCUT2D eigenvalue weighted by Crippen LogP contribution is -2.47. The van der Waals surface area contributed by atoms with E-state index in [9.17, 15) is 13.2 Å². The Labute approximate surface area is 147 Å². The number of H-pyrrole nitrogens is 1. The van der Waals surface area contributed by atoms with E-state index in [1.54, 1.807) is 11.8 Å². The van der Waals surface area contributed by atoms with Crippen LogP contribution in [0.5, 0.6) is 0 Å². The number of sulfone groups is 1. The van der Waals surface area contributed by atoms with Crippen LogP contribution in [0.25, 0.3) is 11.0 Å². The number of carbonyl (C=O) groups excluding carboxylic acids is 1. The molecule has 2 N–H and O–H groups in total. The Morgan fingerprint density at radius 3 is 2.72 bits per heavy atom. The van der Waals surface area contributed by atoms with Crippen LogP contribution in [0.15, 0.2) is 18.2 Å². The Morgan fingerprint density at radius 2 is 2.08 bits per heavy atom. The lowest BCUT2D eigenvalue weighted by Gasteiger charge is -2.31. The normalized spacial score (nSPS) is 16.3. The van der Waals surface area contributed by atoms with Crippen LogP contribution >= 0.6 is 0 Å². The number of rotatable bonds is 4. The fourth-order valence-electron chi connectivity index (χ4n) is 3.24. The number of hydrogen-bond acceptors (Lipinski definition) is 4. The number of likely N-dealkylation sites (tertiary alicyclic amines) is 1. The van der Waals surface area contributed by atoms with Gasteiger partial charge in [-0.1, -0.05) is 19.1 Å². The molecule has 0 spiro atoms. The number of aryl methyl sites for hydroxylation is 1. The van der Waals surface area contributed by atoms with Gasteiger partial charge in [0.05, 0.1) is 22.8 Å². The molecule has 2 amide bonds. The molecular weight excluding hydrogens is 340 g/mol. The summed E-state index contributed by atoms with van der Waals surface area (Å²) in [6, 6.07) is 5.75. The summed E-state index contributed by atoms with van der Waals surface area (Å²) < 4.78 is 23.8. The van der Waals surface area contributed by atoms with Gasteiger partial charge in [0.15, 0.2) is 9.84 Å². The van der Waals surface area contributed by atoms with Gasteiger partial charge in [-0.15, -0.1) is 0 Å². The molecule has 1 fully saturated rings. The highest BCUT2D eigenvalue weighted by atomic mass is 32.2. The number of imidazole rings is 1. The number of aromatic nitrogens is 2. The lowest BCUT2D eigenvalue weighted by molar-refractivity contribution is 0.186. The quantitative estimate of drug-likeness (QED) is 0.867. The minimum atomic E-state index is -3.02. The smallest absolute Gasteiger partial charge is 0.317 e. The van der Waals surface area contributed by atoms with E-state index in [0.29, 0.717) is 38.3 Å². The Bertz CT molecular complexity index is 867. The second-order valence-electron chi connectivity index (χ2n) is 6.45. The van der Waals surface area contributed by atoms with Gasteiger partial charge in [0.1, 0.15) is 5.82 Å². The SMILES string of the molecule is CCS(=O)(=O)C1CCN(C(=O)NCc2nc3c(C)cccc3[nH]2)CC1. The first-order chi connectivity index (χ1) is 11.9. The molecular formula is C17H24N4O3S. The van der Waals surface area contributed by atoms with Crippen molar-refractivity contribution in [1.29, 1.82) is 0 Å². The number of nitrogens with one attached hydrogen (secondary N) is 2. The Morgan fingerprint density at radius 1 is 1.36 bits per heavy atom. The van der Waals surface area contributed by atoms with Gasteiger partial charge in [0.25, 0.3) is 0 Å². The van der Waals surface area contributed by atoms with E-state index >= 15 is 0 Å². The molecule has 2 aromatic rings. The molecule has 2 heterocycles. The van der Waals surface area contributed by atoms with Gasteiger partial charge in [-0.3, -0.25) is 0 Å². The summed E-state index contributed by atoms with van der Waals surface area (Å²) in [6.45, 7) is 4.92. The highest BCUT2D eigenvalue weighted by Gasteiger charge is 2.30. The topological polar surface area (TPSA) is 95.2 Å². The van der Waals surface area contributed by atoms with Crippen LogP contribution in [0.3, 0.4) is 0 Å². The van der Waals surface area contributed by atoms with Gasteiger partial charge in [0.2, 0.25) is 0 Å². The van der Waals surface area contributed by atoms with Gasteiger partial charge in [0, 0.05) is 18.8 Å². The van der Waals surface area contributed by atoms with Crippen molar-refractivity contribution < 1.29 is 13.2 Å². The average molecular weight is 364 g/mol. The van der Waals surface area contributed by atoms with Crippen LogP contribution in [-0.4, -0.2) is 53.4 Å². The van der Waals surface area contributed by atoms with E-state index in [-0.39, 0.29) is 17.0 Å². The summed E-state index contributed by atoms with van der Waals surface area (Å²) in [5, 5.41) is 2.54. The third-order valence-corrected chi connectivity index (χ3v) is 7.10. The lowest BCUT2D eigenvalue weighted by atomic mass is 10.1. The monoisotopic (exact) mass is 364 g/mol. The molecule has 0 aliphatic carbocycles. The maximum atomic E-state index is 12.3. The van der Waals surface area contributed by atoms with Crippen molar-refractivity contribution in [3.63, 3.8) is 0 Å². The number of fused-ring (bicyclic) bond motifs is 1. The summed E-state index contributed by atoms with van der Waals surface area (Å²) in [5.74, 6) is 0.871. The second-order valence-corrected chi connectivity index (χ2v) is 9.02. The first kappa shape index (κ1) is 17.7. The van der Waals surface area contributed by atoms with Crippen LogP contribution in [0.4, 0.5) is 4.79 Å². The minimum Gasteiger partial charge on any atom is -0.340 e. The second kappa shape index (κ2) is 7.03. The fraction of sp³-hybridized carbons (Fsp3) is 0.529. The van der Waals surface area contributed by atoms with Crippen LogP contribution in [0, 0.1) is 6.92 Å². The zero-order valence-electron chi connectivity index (χ0n) is 14.6. The van der Waals surface area contributed by atoms with E-state index in [2.05, 4.69) is 15.3 Å². The molecule has 1 aromatic carbocycles. The van der Waals surface area contributed by atoms with Gasteiger partial charge < -0.3 is 15.2 Å². The highest BCUT2D eigenvalue weighted by molar-refractivity contribution is 7.92. The van der Waals surface area contributed by atoms with Crippen LogP contribution in [-0.2, 0) is 16.4 Å². The van der Waals surface area contributed by atoms with Crippen LogP contribution in [0.2, 0.25) is 0 Å². The summed E-state index contributed by atoms with van der Waals surface area (Å²) >= 11 is 0. The van der Waals surface area contributed by atoms with Gasteiger partial charge in [-0.05, 0) is 31.4 Å². The number of amides is 2. The Balaban J connectivity index is 1.55. The molecule has 3 rings (SSSR count). The maximum Gasteiger partial charge on any atom is 0.317 e. The van der Waals surface area contributed by atoms with E-state index < -0.39 is 9.84 Å². The molecule has 0 bridgehead atoms. The molecule has 8 heteroatoms. The van der Waals surface area contributed by atoms with E-state index in [1.165, 1.54) is 0 Å². The molecule has 7 nitrogen and oxygen atoms in total. The molecule has 1 aliphatic heterocycles. The first-order valence-corrected chi connectivity index (χ1v) is 10.3. The third kappa shape index (κ3) is 3.78. The summed E-state index contributed by atoms with van der Waals surface area (Å²) in [4.78, 5) is 21.7.